The zero-order chi connectivity index (χ0) is 14.9. The molecule has 0 radical (unpaired) electrons. The second-order valence-electron chi connectivity index (χ2n) is 4.55. The fourth-order valence-corrected chi connectivity index (χ4v) is 2.44. The lowest BCUT2D eigenvalue weighted by atomic mass is 10.1. The van der Waals surface area contributed by atoms with Crippen LogP contribution in [0.3, 0.4) is 0 Å². The zero-order valence-electron chi connectivity index (χ0n) is 11.4. The summed E-state index contributed by atoms with van der Waals surface area (Å²) in [5.74, 6) is -0.266. The Morgan fingerprint density at radius 3 is 2.70 bits per heavy atom. The van der Waals surface area contributed by atoms with E-state index in [2.05, 4.69) is 21.0 Å². The molecule has 0 fully saturated rings. The quantitative estimate of drug-likeness (QED) is 0.798. The number of ether oxygens (including phenoxy) is 1. The van der Waals surface area contributed by atoms with E-state index in [1.807, 2.05) is 13.8 Å². The molecule has 2 rings (SSSR count). The van der Waals surface area contributed by atoms with E-state index in [0.717, 1.165) is 0 Å². The van der Waals surface area contributed by atoms with E-state index in [1.165, 1.54) is 31.5 Å². The second kappa shape index (κ2) is 5.75. The van der Waals surface area contributed by atoms with Crippen LogP contribution in [0.5, 0.6) is 5.75 Å². The number of hydrogen-bond donors (Lipinski definition) is 0. The number of rotatable bonds is 4. The lowest BCUT2D eigenvalue weighted by molar-refractivity contribution is 0.102. The van der Waals surface area contributed by atoms with Crippen molar-refractivity contribution in [2.24, 2.45) is 0 Å². The molecule has 0 bridgehead atoms. The van der Waals surface area contributed by atoms with Crippen molar-refractivity contribution in [1.82, 2.24) is 9.78 Å². The van der Waals surface area contributed by atoms with Crippen LogP contribution in [-0.2, 0) is 0 Å². The Balaban J connectivity index is 2.55. The van der Waals surface area contributed by atoms with Crippen LogP contribution in [0.25, 0.3) is 0 Å². The highest BCUT2D eigenvalue weighted by Gasteiger charge is 2.24. The molecule has 0 aliphatic carbocycles. The average Bonchev–Trinajstić information content (AvgIpc) is 2.81. The number of carbonyl (C=O) groups is 1. The highest BCUT2D eigenvalue weighted by Crippen LogP contribution is 2.27. The van der Waals surface area contributed by atoms with Gasteiger partial charge in [-0.3, -0.25) is 9.48 Å². The summed E-state index contributed by atoms with van der Waals surface area (Å²) in [7, 11) is 1.48. The lowest BCUT2D eigenvalue weighted by Crippen LogP contribution is -2.14. The maximum Gasteiger partial charge on any atom is 0.215 e. The fraction of sp³-hybridized carbons (Fsp3) is 0.286. The number of halogens is 2. The van der Waals surface area contributed by atoms with E-state index >= 15 is 0 Å². The molecule has 0 atom stereocenters. The molecular weight excluding hydrogens is 327 g/mol. The molecule has 0 unspecified atom stereocenters. The summed E-state index contributed by atoms with van der Waals surface area (Å²) in [4.78, 5) is 12.7. The molecule has 0 saturated carbocycles. The number of hydrogen-bond acceptors (Lipinski definition) is 3. The summed E-state index contributed by atoms with van der Waals surface area (Å²) in [6, 6.07) is 3.96. The Kier molecular flexibility index (Phi) is 4.23. The van der Waals surface area contributed by atoms with Crippen LogP contribution in [0.1, 0.15) is 35.9 Å². The van der Waals surface area contributed by atoms with Crippen LogP contribution in [0.4, 0.5) is 4.39 Å². The molecule has 0 saturated heterocycles. The van der Waals surface area contributed by atoms with Crippen LogP contribution in [-0.4, -0.2) is 22.7 Å². The first-order valence-corrected chi connectivity index (χ1v) is 6.86. The summed E-state index contributed by atoms with van der Waals surface area (Å²) in [5, 5.41) is 4.16. The normalized spacial score (nSPS) is 10.9. The van der Waals surface area contributed by atoms with Crippen molar-refractivity contribution in [3.8, 4) is 5.75 Å². The Bertz CT molecular complexity index is 653. The van der Waals surface area contributed by atoms with Crippen molar-refractivity contribution in [2.75, 3.05) is 7.11 Å². The second-order valence-corrected chi connectivity index (χ2v) is 5.41. The number of ketones is 1. The summed E-state index contributed by atoms with van der Waals surface area (Å²) < 4.78 is 20.3. The minimum atomic E-state index is -0.405. The molecule has 2 aromatic rings. The Hall–Kier alpha value is -1.69. The maximum absolute atomic E-state index is 13.1. The van der Waals surface area contributed by atoms with E-state index in [9.17, 15) is 9.18 Å². The smallest absolute Gasteiger partial charge is 0.215 e. The van der Waals surface area contributed by atoms with Gasteiger partial charge in [0.15, 0.2) is 11.4 Å². The third-order valence-corrected chi connectivity index (χ3v) is 3.52. The first-order chi connectivity index (χ1) is 9.45. The molecule has 1 aromatic carbocycles. The van der Waals surface area contributed by atoms with Crippen LogP contribution < -0.4 is 4.74 Å². The highest BCUT2D eigenvalue weighted by atomic mass is 79.9. The molecule has 106 valence electrons. The topological polar surface area (TPSA) is 44.1 Å². The molecule has 1 heterocycles. The predicted octanol–water partition coefficient (Wildman–Crippen LogP) is 3.61. The minimum Gasteiger partial charge on any atom is -0.493 e. The van der Waals surface area contributed by atoms with Gasteiger partial charge in [0, 0.05) is 16.1 Å². The Morgan fingerprint density at radius 1 is 1.45 bits per heavy atom. The highest BCUT2D eigenvalue weighted by molar-refractivity contribution is 9.10. The van der Waals surface area contributed by atoms with Gasteiger partial charge in [-0.25, -0.2) is 4.39 Å². The molecule has 6 heteroatoms. The third-order valence-electron chi connectivity index (χ3n) is 2.86. The Labute approximate surface area is 124 Å². The first-order valence-electron chi connectivity index (χ1n) is 6.07. The summed E-state index contributed by atoms with van der Waals surface area (Å²) in [6.07, 6.45) is 1.50. The van der Waals surface area contributed by atoms with E-state index < -0.39 is 5.82 Å². The van der Waals surface area contributed by atoms with Gasteiger partial charge in [0.1, 0.15) is 5.82 Å². The van der Waals surface area contributed by atoms with Crippen molar-refractivity contribution in [3.05, 3.63) is 45.9 Å². The SMILES string of the molecule is COc1cnn(C(C)C)c1C(=O)c1ccc(F)cc1Br. The van der Waals surface area contributed by atoms with Crippen molar-refractivity contribution >= 4 is 21.7 Å². The van der Waals surface area contributed by atoms with Crippen molar-refractivity contribution in [3.63, 3.8) is 0 Å². The van der Waals surface area contributed by atoms with Gasteiger partial charge < -0.3 is 4.74 Å². The fourth-order valence-electron chi connectivity index (χ4n) is 1.90. The molecule has 0 N–H and O–H groups in total. The molecule has 20 heavy (non-hydrogen) atoms. The average molecular weight is 341 g/mol. The molecule has 4 nitrogen and oxygen atoms in total. The Morgan fingerprint density at radius 2 is 2.15 bits per heavy atom. The third kappa shape index (κ3) is 2.60. The lowest BCUT2D eigenvalue weighted by Gasteiger charge is -2.12. The van der Waals surface area contributed by atoms with Crippen LogP contribution in [0.2, 0.25) is 0 Å². The van der Waals surface area contributed by atoms with Gasteiger partial charge >= 0.3 is 0 Å². The molecule has 0 amide bonds. The summed E-state index contributed by atoms with van der Waals surface area (Å²) in [6.45, 7) is 3.84. The molecular formula is C14H14BrFN2O2. The van der Waals surface area contributed by atoms with Gasteiger partial charge in [-0.05, 0) is 48.0 Å². The number of aromatic nitrogens is 2. The molecule has 1 aromatic heterocycles. The van der Waals surface area contributed by atoms with Gasteiger partial charge in [0.25, 0.3) is 0 Å². The van der Waals surface area contributed by atoms with Gasteiger partial charge in [-0.1, -0.05) is 0 Å². The van der Waals surface area contributed by atoms with Gasteiger partial charge in [-0.15, -0.1) is 0 Å². The van der Waals surface area contributed by atoms with Crippen LogP contribution >= 0.6 is 15.9 Å². The number of carbonyl (C=O) groups excluding carboxylic acids is 1. The monoisotopic (exact) mass is 340 g/mol. The predicted molar refractivity (Wildman–Crippen MR) is 76.7 cm³/mol. The number of methoxy groups -OCH3 is 1. The zero-order valence-corrected chi connectivity index (χ0v) is 12.9. The molecule has 0 aliphatic rings. The number of nitrogens with zero attached hydrogens (tertiary/aromatic N) is 2. The molecule has 0 aliphatic heterocycles. The molecule has 0 spiro atoms. The van der Waals surface area contributed by atoms with Gasteiger partial charge in [-0.2, -0.15) is 5.10 Å². The van der Waals surface area contributed by atoms with Gasteiger partial charge in [0.05, 0.1) is 13.3 Å². The standard InChI is InChI=1S/C14H14BrFN2O2/c1-8(2)18-13(12(20-3)7-17-18)14(19)10-5-4-9(16)6-11(10)15/h4-8H,1-3H3. The summed E-state index contributed by atoms with van der Waals surface area (Å²) >= 11 is 3.21. The maximum atomic E-state index is 13.1. The van der Waals surface area contributed by atoms with E-state index in [-0.39, 0.29) is 11.8 Å². The van der Waals surface area contributed by atoms with E-state index in [0.29, 0.717) is 21.5 Å². The van der Waals surface area contributed by atoms with E-state index in [4.69, 9.17) is 4.74 Å². The van der Waals surface area contributed by atoms with Crippen LogP contribution in [0.15, 0.2) is 28.9 Å². The van der Waals surface area contributed by atoms with E-state index in [1.54, 1.807) is 4.68 Å². The van der Waals surface area contributed by atoms with Gasteiger partial charge in [0.2, 0.25) is 5.78 Å². The van der Waals surface area contributed by atoms with Crippen molar-refractivity contribution in [1.29, 1.82) is 0 Å². The first kappa shape index (κ1) is 14.7. The number of benzene rings is 1. The van der Waals surface area contributed by atoms with Crippen LogP contribution in [0, 0.1) is 5.82 Å². The minimum absolute atomic E-state index is 0.0112. The van der Waals surface area contributed by atoms with Crippen molar-refractivity contribution in [2.45, 2.75) is 19.9 Å². The van der Waals surface area contributed by atoms with Crippen molar-refractivity contribution < 1.29 is 13.9 Å². The summed E-state index contributed by atoms with van der Waals surface area (Å²) in [5.41, 5.74) is 0.724. The largest absolute Gasteiger partial charge is 0.493 e.